The minimum atomic E-state index is -0.348. The van der Waals surface area contributed by atoms with Gasteiger partial charge < -0.3 is 15.0 Å². The van der Waals surface area contributed by atoms with Crippen LogP contribution in [0.5, 0.6) is 0 Å². The molecule has 1 aliphatic heterocycles. The molecule has 1 saturated heterocycles. The van der Waals surface area contributed by atoms with E-state index in [0.717, 1.165) is 5.56 Å². The van der Waals surface area contributed by atoms with Crippen LogP contribution in [0, 0.1) is 0 Å². The Labute approximate surface area is 116 Å². The van der Waals surface area contributed by atoms with Crippen LogP contribution >= 0.6 is 11.6 Å². The molecule has 1 aromatic rings. The molecule has 1 N–H and O–H groups in total. The Morgan fingerprint density at radius 2 is 2.21 bits per heavy atom. The van der Waals surface area contributed by atoms with Crippen molar-refractivity contribution in [3.8, 4) is 0 Å². The van der Waals surface area contributed by atoms with Crippen molar-refractivity contribution in [3.63, 3.8) is 0 Å². The zero-order valence-corrected chi connectivity index (χ0v) is 11.2. The molecule has 0 atom stereocenters. The maximum absolute atomic E-state index is 11.7. The van der Waals surface area contributed by atoms with Crippen LogP contribution in [0.2, 0.25) is 5.02 Å². The fourth-order valence-corrected chi connectivity index (χ4v) is 1.99. The van der Waals surface area contributed by atoms with Crippen molar-refractivity contribution < 1.29 is 14.3 Å². The molecular weight excluding hydrogens is 268 g/mol. The predicted octanol–water partition coefficient (Wildman–Crippen LogP) is 1.80. The lowest BCUT2D eigenvalue weighted by molar-refractivity contribution is -0.121. The van der Waals surface area contributed by atoms with Crippen LogP contribution in [0.3, 0.4) is 0 Å². The molecule has 5 nitrogen and oxygen atoms in total. The van der Waals surface area contributed by atoms with Gasteiger partial charge in [0.05, 0.1) is 6.54 Å². The third-order valence-electron chi connectivity index (χ3n) is 2.89. The molecule has 0 saturated carbocycles. The monoisotopic (exact) mass is 282 g/mol. The molecule has 6 heteroatoms. The van der Waals surface area contributed by atoms with E-state index in [9.17, 15) is 9.59 Å². The Kier molecular flexibility index (Phi) is 4.63. The number of nitrogens with zero attached hydrogens (tertiary/aromatic N) is 1. The first-order chi connectivity index (χ1) is 9.16. The summed E-state index contributed by atoms with van der Waals surface area (Å²) in [5, 5.41) is 3.41. The Hall–Kier alpha value is -1.75. The number of halogens is 1. The summed E-state index contributed by atoms with van der Waals surface area (Å²) in [6, 6.07) is 7.35. The number of nitrogens with one attached hydrogen (secondary N) is 1. The number of hydrogen-bond donors (Lipinski definition) is 1. The van der Waals surface area contributed by atoms with E-state index in [-0.39, 0.29) is 18.4 Å². The number of ether oxygens (including phenoxy) is 1. The van der Waals surface area contributed by atoms with E-state index in [1.54, 1.807) is 6.07 Å². The van der Waals surface area contributed by atoms with Crippen molar-refractivity contribution in [2.24, 2.45) is 0 Å². The first-order valence-electron chi connectivity index (χ1n) is 6.08. The lowest BCUT2D eigenvalue weighted by Gasteiger charge is -2.12. The highest BCUT2D eigenvalue weighted by Gasteiger charge is 2.21. The van der Waals surface area contributed by atoms with E-state index in [0.29, 0.717) is 31.3 Å². The third-order valence-corrected chi connectivity index (χ3v) is 3.26. The fraction of sp³-hybridized carbons (Fsp3) is 0.385. The van der Waals surface area contributed by atoms with Crippen LogP contribution in [-0.2, 0) is 16.1 Å². The second-order valence-corrected chi connectivity index (χ2v) is 4.63. The molecule has 1 aliphatic rings. The van der Waals surface area contributed by atoms with Gasteiger partial charge in [-0.3, -0.25) is 4.79 Å². The Morgan fingerprint density at radius 1 is 1.42 bits per heavy atom. The maximum atomic E-state index is 11.7. The molecule has 19 heavy (non-hydrogen) atoms. The van der Waals surface area contributed by atoms with E-state index in [1.807, 2.05) is 18.2 Å². The SMILES string of the molecule is O=C(CCN1CCOC1=O)NCc1ccccc1Cl. The van der Waals surface area contributed by atoms with Crippen LogP contribution in [-0.4, -0.2) is 36.6 Å². The highest BCUT2D eigenvalue weighted by Crippen LogP contribution is 2.14. The van der Waals surface area contributed by atoms with Crippen molar-refractivity contribution in [1.82, 2.24) is 10.2 Å². The summed E-state index contributed by atoms with van der Waals surface area (Å²) in [5.74, 6) is -0.111. The molecule has 0 aromatic heterocycles. The normalized spacial score (nSPS) is 14.4. The van der Waals surface area contributed by atoms with E-state index in [1.165, 1.54) is 4.90 Å². The quantitative estimate of drug-likeness (QED) is 0.896. The molecule has 2 rings (SSSR count). The molecule has 2 amide bonds. The molecule has 0 bridgehead atoms. The van der Waals surface area contributed by atoms with Crippen LogP contribution in [0.4, 0.5) is 4.79 Å². The lowest BCUT2D eigenvalue weighted by atomic mass is 10.2. The maximum Gasteiger partial charge on any atom is 0.409 e. The van der Waals surface area contributed by atoms with E-state index >= 15 is 0 Å². The van der Waals surface area contributed by atoms with Crippen molar-refractivity contribution in [2.75, 3.05) is 19.7 Å². The largest absolute Gasteiger partial charge is 0.448 e. The van der Waals surface area contributed by atoms with Crippen molar-refractivity contribution >= 4 is 23.6 Å². The standard InChI is InChI=1S/C13H15ClN2O3/c14-11-4-2-1-3-10(11)9-15-12(17)5-6-16-7-8-19-13(16)18/h1-4H,5-9H2,(H,15,17). The molecule has 1 fully saturated rings. The third kappa shape index (κ3) is 3.86. The lowest BCUT2D eigenvalue weighted by Crippen LogP contribution is -2.31. The van der Waals surface area contributed by atoms with Crippen LogP contribution in [0.25, 0.3) is 0 Å². The van der Waals surface area contributed by atoms with Gasteiger partial charge in [-0.05, 0) is 11.6 Å². The Balaban J connectivity index is 1.73. The summed E-state index contributed by atoms with van der Waals surface area (Å²) >= 11 is 5.99. The molecular formula is C13H15ClN2O3. The molecule has 0 aliphatic carbocycles. The van der Waals surface area contributed by atoms with Gasteiger partial charge in [0, 0.05) is 24.5 Å². The summed E-state index contributed by atoms with van der Waals surface area (Å²) in [4.78, 5) is 24.3. The van der Waals surface area contributed by atoms with Gasteiger partial charge in [-0.25, -0.2) is 4.79 Å². The summed E-state index contributed by atoms with van der Waals surface area (Å²) in [6.45, 7) is 1.73. The van der Waals surface area contributed by atoms with Gasteiger partial charge >= 0.3 is 6.09 Å². The topological polar surface area (TPSA) is 58.6 Å². The number of benzene rings is 1. The van der Waals surface area contributed by atoms with Crippen molar-refractivity contribution in [2.45, 2.75) is 13.0 Å². The fourth-order valence-electron chi connectivity index (χ4n) is 1.79. The minimum Gasteiger partial charge on any atom is -0.448 e. The zero-order chi connectivity index (χ0) is 13.7. The van der Waals surface area contributed by atoms with Crippen LogP contribution in [0.1, 0.15) is 12.0 Å². The number of carbonyl (C=O) groups is 2. The average molecular weight is 283 g/mol. The van der Waals surface area contributed by atoms with Gasteiger partial charge in [0.1, 0.15) is 6.61 Å². The van der Waals surface area contributed by atoms with E-state index in [4.69, 9.17) is 16.3 Å². The molecule has 0 unspecified atom stereocenters. The van der Waals surface area contributed by atoms with Crippen molar-refractivity contribution in [3.05, 3.63) is 34.9 Å². The van der Waals surface area contributed by atoms with Gasteiger partial charge in [-0.15, -0.1) is 0 Å². The summed E-state index contributed by atoms with van der Waals surface area (Å²) in [7, 11) is 0. The van der Waals surface area contributed by atoms with Gasteiger partial charge in [-0.2, -0.15) is 0 Å². The minimum absolute atomic E-state index is 0.111. The molecule has 1 heterocycles. The highest BCUT2D eigenvalue weighted by molar-refractivity contribution is 6.31. The van der Waals surface area contributed by atoms with Gasteiger partial charge in [-0.1, -0.05) is 29.8 Å². The molecule has 0 radical (unpaired) electrons. The molecule has 0 spiro atoms. The second kappa shape index (κ2) is 6.43. The summed E-state index contributed by atoms with van der Waals surface area (Å²) in [6.07, 6.45) is -0.0848. The number of carbonyl (C=O) groups excluding carboxylic acids is 2. The van der Waals surface area contributed by atoms with Crippen LogP contribution in [0.15, 0.2) is 24.3 Å². The number of hydrogen-bond acceptors (Lipinski definition) is 3. The highest BCUT2D eigenvalue weighted by atomic mass is 35.5. The first-order valence-corrected chi connectivity index (χ1v) is 6.46. The first kappa shape index (κ1) is 13.7. The van der Waals surface area contributed by atoms with E-state index < -0.39 is 0 Å². The summed E-state index contributed by atoms with van der Waals surface area (Å²) < 4.78 is 4.78. The van der Waals surface area contributed by atoms with E-state index in [2.05, 4.69) is 5.32 Å². The zero-order valence-electron chi connectivity index (χ0n) is 10.4. The second-order valence-electron chi connectivity index (χ2n) is 4.22. The van der Waals surface area contributed by atoms with Gasteiger partial charge in [0.15, 0.2) is 0 Å². The predicted molar refractivity (Wildman–Crippen MR) is 70.8 cm³/mol. The number of cyclic esters (lactones) is 1. The Bertz CT molecular complexity index is 479. The number of amides is 2. The Morgan fingerprint density at radius 3 is 2.89 bits per heavy atom. The molecule has 1 aromatic carbocycles. The summed E-state index contributed by atoms with van der Waals surface area (Å²) in [5.41, 5.74) is 0.873. The number of rotatable bonds is 5. The van der Waals surface area contributed by atoms with Crippen molar-refractivity contribution in [1.29, 1.82) is 0 Å². The van der Waals surface area contributed by atoms with Crippen LogP contribution < -0.4 is 5.32 Å². The van der Waals surface area contributed by atoms with Gasteiger partial charge in [0.25, 0.3) is 0 Å². The average Bonchev–Trinajstić information content (AvgIpc) is 2.81. The smallest absolute Gasteiger partial charge is 0.409 e. The molecule has 102 valence electrons. The van der Waals surface area contributed by atoms with Gasteiger partial charge in [0.2, 0.25) is 5.91 Å².